The van der Waals surface area contributed by atoms with Crippen molar-refractivity contribution in [3.8, 4) is 0 Å². The molecule has 0 radical (unpaired) electrons. The van der Waals surface area contributed by atoms with E-state index < -0.39 is 6.09 Å². The molecule has 1 aliphatic rings. The molecule has 1 unspecified atom stereocenters. The Balaban J connectivity index is 2.15. The molecule has 1 saturated carbocycles. The lowest BCUT2D eigenvalue weighted by Gasteiger charge is -2.22. The third kappa shape index (κ3) is 5.35. The van der Waals surface area contributed by atoms with Gasteiger partial charge < -0.3 is 15.8 Å². The predicted octanol–water partition coefficient (Wildman–Crippen LogP) is 2.03. The summed E-state index contributed by atoms with van der Waals surface area (Å²) in [6, 6.07) is 0.568. The van der Waals surface area contributed by atoms with Crippen LogP contribution in [-0.2, 0) is 4.74 Å². The molecule has 0 spiro atoms. The highest BCUT2D eigenvalue weighted by Gasteiger charge is 2.23. The highest BCUT2D eigenvalue weighted by atomic mass is 16.5. The van der Waals surface area contributed by atoms with Crippen molar-refractivity contribution in [1.82, 2.24) is 5.32 Å². The van der Waals surface area contributed by atoms with Crippen LogP contribution >= 0.6 is 0 Å². The number of carbonyl (C=O) groups excluding carboxylic acids is 1. The summed E-state index contributed by atoms with van der Waals surface area (Å²) in [5.41, 5.74) is 5.37. The van der Waals surface area contributed by atoms with E-state index in [1.807, 2.05) is 0 Å². The Hall–Kier alpha value is -0.770. The van der Waals surface area contributed by atoms with Gasteiger partial charge in [0, 0.05) is 12.6 Å². The molecule has 0 aromatic heterocycles. The SMILES string of the molecule is CC1(C)CCCC(NCCOC(N)=O)CC1. The van der Waals surface area contributed by atoms with Gasteiger partial charge in [-0.2, -0.15) is 0 Å². The van der Waals surface area contributed by atoms with Crippen LogP contribution in [0.1, 0.15) is 46.0 Å². The largest absolute Gasteiger partial charge is 0.448 e. The summed E-state index contributed by atoms with van der Waals surface area (Å²) in [6.45, 7) is 5.75. The standard InChI is InChI=1S/C12H24N2O2/c1-12(2)6-3-4-10(5-7-12)14-8-9-16-11(13)15/h10,14H,3-9H2,1-2H3,(H2,13,15). The number of nitrogens with one attached hydrogen (secondary N) is 1. The number of primary amides is 1. The van der Waals surface area contributed by atoms with Gasteiger partial charge in [-0.1, -0.05) is 20.3 Å². The van der Waals surface area contributed by atoms with Crippen LogP contribution in [0.3, 0.4) is 0 Å². The molecule has 1 rings (SSSR count). The zero-order valence-electron chi connectivity index (χ0n) is 10.4. The van der Waals surface area contributed by atoms with Crippen molar-refractivity contribution in [1.29, 1.82) is 0 Å². The van der Waals surface area contributed by atoms with Gasteiger partial charge in [0.05, 0.1) is 0 Å². The molecule has 1 amide bonds. The van der Waals surface area contributed by atoms with Gasteiger partial charge >= 0.3 is 6.09 Å². The Bertz CT molecular complexity index is 229. The van der Waals surface area contributed by atoms with Gasteiger partial charge in [0.1, 0.15) is 6.61 Å². The lowest BCUT2D eigenvalue weighted by atomic mass is 9.85. The predicted molar refractivity (Wildman–Crippen MR) is 64.2 cm³/mol. The van der Waals surface area contributed by atoms with Gasteiger partial charge in [0.25, 0.3) is 0 Å². The van der Waals surface area contributed by atoms with Gasteiger partial charge in [0.15, 0.2) is 0 Å². The van der Waals surface area contributed by atoms with E-state index in [4.69, 9.17) is 5.73 Å². The summed E-state index contributed by atoms with van der Waals surface area (Å²) < 4.78 is 4.68. The van der Waals surface area contributed by atoms with Crippen molar-refractivity contribution in [3.63, 3.8) is 0 Å². The molecule has 4 heteroatoms. The first-order chi connectivity index (χ1) is 7.49. The van der Waals surface area contributed by atoms with E-state index in [1.54, 1.807) is 0 Å². The summed E-state index contributed by atoms with van der Waals surface area (Å²) in [4.78, 5) is 10.4. The van der Waals surface area contributed by atoms with Gasteiger partial charge in [0.2, 0.25) is 0 Å². The fourth-order valence-corrected chi connectivity index (χ4v) is 2.28. The number of hydrogen-bond donors (Lipinski definition) is 2. The van der Waals surface area contributed by atoms with E-state index in [0.29, 0.717) is 24.6 Å². The quantitative estimate of drug-likeness (QED) is 0.571. The highest BCUT2D eigenvalue weighted by Crippen LogP contribution is 2.33. The molecule has 1 fully saturated rings. The number of hydrogen-bond acceptors (Lipinski definition) is 3. The summed E-state index contributed by atoms with van der Waals surface area (Å²) >= 11 is 0. The minimum absolute atomic E-state index is 0.370. The third-order valence-electron chi connectivity index (χ3n) is 3.36. The lowest BCUT2D eigenvalue weighted by Crippen LogP contribution is -2.32. The average molecular weight is 228 g/mol. The molecule has 4 nitrogen and oxygen atoms in total. The molecule has 0 bridgehead atoms. The van der Waals surface area contributed by atoms with Gasteiger partial charge in [-0.3, -0.25) is 0 Å². The van der Waals surface area contributed by atoms with E-state index in [-0.39, 0.29) is 0 Å². The fourth-order valence-electron chi connectivity index (χ4n) is 2.28. The maximum Gasteiger partial charge on any atom is 0.404 e. The first-order valence-corrected chi connectivity index (χ1v) is 6.15. The van der Waals surface area contributed by atoms with Crippen molar-refractivity contribution < 1.29 is 9.53 Å². The maximum atomic E-state index is 10.4. The van der Waals surface area contributed by atoms with Crippen molar-refractivity contribution in [3.05, 3.63) is 0 Å². The van der Waals surface area contributed by atoms with Crippen LogP contribution in [0.25, 0.3) is 0 Å². The van der Waals surface area contributed by atoms with Gasteiger partial charge in [-0.15, -0.1) is 0 Å². The number of ether oxygens (including phenoxy) is 1. The van der Waals surface area contributed by atoms with Crippen LogP contribution in [0.4, 0.5) is 4.79 Å². The zero-order chi connectivity index (χ0) is 12.0. The van der Waals surface area contributed by atoms with E-state index >= 15 is 0 Å². The Morgan fingerprint density at radius 1 is 1.44 bits per heavy atom. The normalized spacial score (nSPS) is 24.8. The lowest BCUT2D eigenvalue weighted by molar-refractivity contribution is 0.155. The Kier molecular flexibility index (Phi) is 5.06. The fraction of sp³-hybridized carbons (Fsp3) is 0.917. The number of nitrogens with two attached hydrogens (primary N) is 1. The summed E-state index contributed by atoms with van der Waals surface area (Å²) in [5, 5.41) is 3.42. The van der Waals surface area contributed by atoms with Crippen LogP contribution in [0, 0.1) is 5.41 Å². The highest BCUT2D eigenvalue weighted by molar-refractivity contribution is 5.64. The molecule has 0 heterocycles. The number of carbonyl (C=O) groups is 1. The first kappa shape index (κ1) is 13.3. The van der Waals surface area contributed by atoms with Gasteiger partial charge in [-0.25, -0.2) is 4.79 Å². The topological polar surface area (TPSA) is 64.3 Å². The smallest absolute Gasteiger partial charge is 0.404 e. The summed E-state index contributed by atoms with van der Waals surface area (Å²) in [6.07, 6.45) is 5.60. The molecule has 1 atom stereocenters. The Morgan fingerprint density at radius 3 is 2.88 bits per heavy atom. The van der Waals surface area contributed by atoms with Crippen molar-refractivity contribution in [2.45, 2.75) is 52.0 Å². The molecule has 1 aliphatic carbocycles. The third-order valence-corrected chi connectivity index (χ3v) is 3.36. The minimum Gasteiger partial charge on any atom is -0.448 e. The zero-order valence-corrected chi connectivity index (χ0v) is 10.4. The van der Waals surface area contributed by atoms with E-state index in [9.17, 15) is 4.79 Å². The summed E-state index contributed by atoms with van der Waals surface area (Å²) in [5.74, 6) is 0. The second-order valence-corrected chi connectivity index (χ2v) is 5.41. The number of amides is 1. The van der Waals surface area contributed by atoms with Crippen LogP contribution in [-0.4, -0.2) is 25.3 Å². The van der Waals surface area contributed by atoms with E-state index in [2.05, 4.69) is 23.9 Å². The molecular weight excluding hydrogens is 204 g/mol. The van der Waals surface area contributed by atoms with Crippen LogP contribution in [0.5, 0.6) is 0 Å². The monoisotopic (exact) mass is 228 g/mol. The van der Waals surface area contributed by atoms with Crippen LogP contribution in [0.2, 0.25) is 0 Å². The second-order valence-electron chi connectivity index (χ2n) is 5.41. The number of rotatable bonds is 4. The first-order valence-electron chi connectivity index (χ1n) is 6.15. The van der Waals surface area contributed by atoms with Crippen molar-refractivity contribution >= 4 is 6.09 Å². The molecule has 16 heavy (non-hydrogen) atoms. The van der Waals surface area contributed by atoms with Crippen LogP contribution < -0.4 is 11.1 Å². The van der Waals surface area contributed by atoms with Crippen LogP contribution in [0.15, 0.2) is 0 Å². The van der Waals surface area contributed by atoms with Crippen molar-refractivity contribution in [2.75, 3.05) is 13.2 Å². The van der Waals surface area contributed by atoms with E-state index in [1.165, 1.54) is 32.1 Å². The molecule has 0 aromatic rings. The molecule has 0 aromatic carbocycles. The maximum absolute atomic E-state index is 10.4. The molecule has 3 N–H and O–H groups in total. The van der Waals surface area contributed by atoms with Gasteiger partial charge in [-0.05, 0) is 31.1 Å². The average Bonchev–Trinajstić information content (AvgIpc) is 2.34. The molecule has 94 valence electrons. The molecule has 0 saturated heterocycles. The van der Waals surface area contributed by atoms with Crippen molar-refractivity contribution in [2.24, 2.45) is 11.1 Å². The summed E-state index contributed by atoms with van der Waals surface area (Å²) in [7, 11) is 0. The minimum atomic E-state index is -0.691. The Labute approximate surface area is 97.9 Å². The van der Waals surface area contributed by atoms with E-state index in [0.717, 1.165) is 0 Å². The second kappa shape index (κ2) is 6.09. The molecule has 0 aliphatic heterocycles. The Morgan fingerprint density at radius 2 is 2.19 bits per heavy atom. The molecular formula is C12H24N2O2.